The maximum absolute atomic E-state index is 13.6. The van der Waals surface area contributed by atoms with Gasteiger partial charge in [-0.05, 0) is 80.4 Å². The van der Waals surface area contributed by atoms with Crippen LogP contribution in [0.3, 0.4) is 0 Å². The molecule has 0 unspecified atom stereocenters. The Morgan fingerprint density at radius 1 is 1.00 bits per heavy atom. The number of fused-ring (bicyclic) bond motifs is 2. The van der Waals surface area contributed by atoms with Gasteiger partial charge in [0.2, 0.25) is 0 Å². The van der Waals surface area contributed by atoms with Crippen LogP contribution in [0.2, 0.25) is 0 Å². The van der Waals surface area contributed by atoms with E-state index >= 15 is 0 Å². The Balaban J connectivity index is 1.34. The van der Waals surface area contributed by atoms with Crippen molar-refractivity contribution in [1.29, 1.82) is 5.26 Å². The lowest BCUT2D eigenvalue weighted by Crippen LogP contribution is -2.45. The average molecular weight is 480 g/mol. The molecule has 6 nitrogen and oxygen atoms in total. The number of anilines is 1. The van der Waals surface area contributed by atoms with Gasteiger partial charge in [-0.3, -0.25) is 9.69 Å². The first-order chi connectivity index (χ1) is 17.4. The van der Waals surface area contributed by atoms with Gasteiger partial charge < -0.3 is 9.64 Å². The molecule has 0 atom stereocenters. The van der Waals surface area contributed by atoms with Crippen molar-refractivity contribution in [3.63, 3.8) is 0 Å². The summed E-state index contributed by atoms with van der Waals surface area (Å²) in [5.74, 6) is -0.377. The molecular formula is C30H29N3O3. The van der Waals surface area contributed by atoms with Crippen molar-refractivity contribution in [1.82, 2.24) is 4.90 Å². The molecule has 3 aromatic carbocycles. The largest absolute Gasteiger partial charge is 0.465 e. The zero-order valence-corrected chi connectivity index (χ0v) is 20.7. The van der Waals surface area contributed by atoms with E-state index in [1.54, 1.807) is 24.3 Å². The minimum atomic E-state index is -0.324. The fourth-order valence-corrected chi connectivity index (χ4v) is 5.53. The van der Waals surface area contributed by atoms with E-state index in [1.165, 1.54) is 18.2 Å². The molecule has 3 aromatic rings. The second-order valence-corrected chi connectivity index (χ2v) is 9.85. The van der Waals surface area contributed by atoms with Crippen molar-refractivity contribution in [2.45, 2.75) is 31.7 Å². The highest BCUT2D eigenvalue weighted by molar-refractivity contribution is 6.08. The number of hydrogen-bond donors (Lipinski definition) is 0. The molecule has 2 heterocycles. The van der Waals surface area contributed by atoms with E-state index in [2.05, 4.69) is 36.1 Å². The summed E-state index contributed by atoms with van der Waals surface area (Å²) in [6.45, 7) is 5.43. The lowest BCUT2D eigenvalue weighted by molar-refractivity contribution is 0.0600. The van der Waals surface area contributed by atoms with Gasteiger partial charge in [-0.25, -0.2) is 4.79 Å². The number of piperidine rings is 1. The molecule has 0 saturated carbocycles. The van der Waals surface area contributed by atoms with Crippen molar-refractivity contribution >= 4 is 17.6 Å². The summed E-state index contributed by atoms with van der Waals surface area (Å²) in [7, 11) is 1.39. The second-order valence-electron chi connectivity index (χ2n) is 9.85. The third-order valence-electron chi connectivity index (χ3n) is 7.55. The number of benzene rings is 3. The monoisotopic (exact) mass is 479 g/mol. The van der Waals surface area contributed by atoms with Crippen LogP contribution in [0.5, 0.6) is 0 Å². The summed E-state index contributed by atoms with van der Waals surface area (Å²) in [5, 5.41) is 9.28. The minimum Gasteiger partial charge on any atom is -0.465 e. The topological polar surface area (TPSA) is 73.6 Å². The van der Waals surface area contributed by atoms with Crippen LogP contribution in [0.25, 0.3) is 0 Å². The number of ether oxygens (including phenoxy) is 1. The first-order valence-corrected chi connectivity index (χ1v) is 12.3. The van der Waals surface area contributed by atoms with Gasteiger partial charge in [-0.1, -0.05) is 35.9 Å². The number of rotatable bonds is 4. The zero-order valence-electron chi connectivity index (χ0n) is 20.7. The molecule has 2 aliphatic rings. The number of esters is 1. The van der Waals surface area contributed by atoms with Crippen molar-refractivity contribution in [3.8, 4) is 6.07 Å². The van der Waals surface area contributed by atoms with Gasteiger partial charge >= 0.3 is 5.97 Å². The predicted octanol–water partition coefficient (Wildman–Crippen LogP) is 4.85. The third kappa shape index (κ3) is 4.38. The van der Waals surface area contributed by atoms with E-state index in [1.807, 2.05) is 29.2 Å². The number of carbonyl (C=O) groups excluding carboxylic acids is 2. The predicted molar refractivity (Wildman–Crippen MR) is 138 cm³/mol. The molecule has 2 aliphatic heterocycles. The number of likely N-dealkylation sites (tertiary alicyclic amines) is 1. The standard InChI is InChI=1S/C30H29N3O3/c1-21-6-11-27-26(16-21)30(20-33(27)28(34)25-5-3-4-23(17-25)18-31)12-14-32(15-13-30)19-22-7-9-24(10-8-22)29(35)36-2/h3-11,16-17H,12-15,19-20H2,1-2H3. The van der Waals surface area contributed by atoms with Crippen LogP contribution in [0.15, 0.2) is 66.7 Å². The van der Waals surface area contributed by atoms with Crippen LogP contribution in [0.4, 0.5) is 5.69 Å². The Morgan fingerprint density at radius 2 is 1.75 bits per heavy atom. The smallest absolute Gasteiger partial charge is 0.337 e. The fourth-order valence-electron chi connectivity index (χ4n) is 5.53. The first-order valence-electron chi connectivity index (χ1n) is 12.3. The van der Waals surface area contributed by atoms with E-state index in [0.717, 1.165) is 43.7 Å². The number of carbonyl (C=O) groups is 2. The SMILES string of the molecule is COC(=O)c1ccc(CN2CCC3(CC2)CN(C(=O)c2cccc(C#N)c2)c2ccc(C)cc23)cc1. The third-order valence-corrected chi connectivity index (χ3v) is 7.55. The quantitative estimate of drug-likeness (QED) is 0.500. The number of methoxy groups -OCH3 is 1. The van der Waals surface area contributed by atoms with E-state index < -0.39 is 0 Å². The molecule has 0 aliphatic carbocycles. The number of hydrogen-bond acceptors (Lipinski definition) is 5. The van der Waals surface area contributed by atoms with Crippen LogP contribution in [0.1, 0.15) is 55.8 Å². The van der Waals surface area contributed by atoms with Crippen molar-refractivity contribution in [2.24, 2.45) is 0 Å². The molecule has 0 aromatic heterocycles. The van der Waals surface area contributed by atoms with Gasteiger partial charge in [0.25, 0.3) is 5.91 Å². The van der Waals surface area contributed by atoms with Crippen LogP contribution in [-0.2, 0) is 16.7 Å². The molecule has 5 rings (SSSR count). The maximum Gasteiger partial charge on any atom is 0.337 e. The fraction of sp³-hybridized carbons (Fsp3) is 0.300. The summed E-state index contributed by atoms with van der Waals surface area (Å²) >= 11 is 0. The van der Waals surface area contributed by atoms with Crippen molar-refractivity contribution in [2.75, 3.05) is 31.6 Å². The summed E-state index contributed by atoms with van der Waals surface area (Å²) in [6.07, 6.45) is 1.93. The molecule has 1 spiro atoms. The molecule has 0 bridgehead atoms. The average Bonchev–Trinajstić information content (AvgIpc) is 3.22. The van der Waals surface area contributed by atoms with Crippen molar-refractivity contribution in [3.05, 3.63) is 100 Å². The number of amides is 1. The Morgan fingerprint density at radius 3 is 2.44 bits per heavy atom. The highest BCUT2D eigenvalue weighted by Gasteiger charge is 2.46. The molecule has 182 valence electrons. The van der Waals surface area contributed by atoms with Gasteiger partial charge in [0, 0.05) is 29.8 Å². The van der Waals surface area contributed by atoms with Gasteiger partial charge in [0.15, 0.2) is 0 Å². The normalized spacial score (nSPS) is 16.4. The number of nitrogens with zero attached hydrogens (tertiary/aromatic N) is 3. The Bertz CT molecular complexity index is 1350. The Hall–Kier alpha value is -3.95. The Kier molecular flexibility index (Phi) is 6.34. The second kappa shape index (κ2) is 9.60. The summed E-state index contributed by atoms with van der Waals surface area (Å²) in [4.78, 5) is 29.6. The van der Waals surface area contributed by atoms with Crippen LogP contribution in [0, 0.1) is 18.3 Å². The van der Waals surface area contributed by atoms with Crippen LogP contribution < -0.4 is 4.90 Å². The van der Waals surface area contributed by atoms with Gasteiger partial charge in [-0.15, -0.1) is 0 Å². The van der Waals surface area contributed by atoms with Gasteiger partial charge in [0.05, 0.1) is 24.3 Å². The van der Waals surface area contributed by atoms with Crippen molar-refractivity contribution < 1.29 is 14.3 Å². The van der Waals surface area contributed by atoms with E-state index in [9.17, 15) is 14.9 Å². The summed E-state index contributed by atoms with van der Waals surface area (Å²) < 4.78 is 4.79. The molecule has 0 radical (unpaired) electrons. The first kappa shape index (κ1) is 23.8. The molecule has 1 amide bonds. The summed E-state index contributed by atoms with van der Waals surface area (Å²) in [6, 6.07) is 23.1. The molecule has 1 fully saturated rings. The molecule has 0 N–H and O–H groups in total. The van der Waals surface area contributed by atoms with Gasteiger partial charge in [-0.2, -0.15) is 5.26 Å². The summed E-state index contributed by atoms with van der Waals surface area (Å²) in [5.41, 5.74) is 6.13. The molecule has 1 saturated heterocycles. The highest BCUT2D eigenvalue weighted by Crippen LogP contribution is 2.48. The van der Waals surface area contributed by atoms with E-state index in [4.69, 9.17) is 4.74 Å². The lowest BCUT2D eigenvalue weighted by Gasteiger charge is -2.40. The van der Waals surface area contributed by atoms with Gasteiger partial charge in [0.1, 0.15) is 0 Å². The maximum atomic E-state index is 13.6. The number of nitriles is 1. The number of aryl methyl sites for hydroxylation is 1. The molecule has 36 heavy (non-hydrogen) atoms. The molecule has 6 heteroatoms. The van der Waals surface area contributed by atoms with Crippen LogP contribution >= 0.6 is 0 Å². The van der Waals surface area contributed by atoms with E-state index in [0.29, 0.717) is 23.2 Å². The zero-order chi connectivity index (χ0) is 25.3. The molecular weight excluding hydrogens is 450 g/mol. The highest BCUT2D eigenvalue weighted by atomic mass is 16.5. The minimum absolute atomic E-state index is 0.0535. The lowest BCUT2D eigenvalue weighted by atomic mass is 9.74. The van der Waals surface area contributed by atoms with Crippen LogP contribution in [-0.4, -0.2) is 43.5 Å². The Labute approximate surface area is 211 Å². The van der Waals surface area contributed by atoms with E-state index in [-0.39, 0.29) is 17.3 Å².